The van der Waals surface area contributed by atoms with Crippen LogP contribution in [0, 0.1) is 6.92 Å². The van der Waals surface area contributed by atoms with Crippen molar-refractivity contribution in [3.63, 3.8) is 0 Å². The number of rotatable bonds is 5. The summed E-state index contributed by atoms with van der Waals surface area (Å²) < 4.78 is 11.4. The number of hydrogen-bond acceptors (Lipinski definition) is 4. The van der Waals surface area contributed by atoms with Gasteiger partial charge < -0.3 is 14.6 Å². The molecule has 0 spiro atoms. The average molecular weight is 291 g/mol. The summed E-state index contributed by atoms with van der Waals surface area (Å²) in [6.45, 7) is 1.86. The van der Waals surface area contributed by atoms with E-state index in [-0.39, 0.29) is 12.2 Å². The molecule has 0 radical (unpaired) electrons. The van der Waals surface area contributed by atoms with Crippen LogP contribution in [0.25, 0.3) is 6.08 Å². The SMILES string of the molecule is COC1CCCC(Oc2ccc(C)nc2C=CC(=O)O)C1. The smallest absolute Gasteiger partial charge is 0.328 e. The molecule has 1 heterocycles. The number of aryl methyl sites for hydroxylation is 1. The number of hydrogen-bond donors (Lipinski definition) is 1. The van der Waals surface area contributed by atoms with Crippen molar-refractivity contribution < 1.29 is 19.4 Å². The van der Waals surface area contributed by atoms with Crippen molar-refractivity contribution in [2.75, 3.05) is 7.11 Å². The molecule has 1 fully saturated rings. The lowest BCUT2D eigenvalue weighted by atomic mass is 9.95. The fraction of sp³-hybridized carbons (Fsp3) is 0.500. The first-order valence-electron chi connectivity index (χ1n) is 7.16. The number of aliphatic carboxylic acids is 1. The standard InChI is InChI=1S/C16H21NO4/c1-11-6-8-15(14(17-11)7-9-16(18)19)21-13-5-3-4-12(10-13)20-2/h6-9,12-13H,3-5,10H2,1-2H3,(H,18,19). The maximum Gasteiger partial charge on any atom is 0.328 e. The summed E-state index contributed by atoms with van der Waals surface area (Å²) in [7, 11) is 1.72. The third-order valence-electron chi connectivity index (χ3n) is 3.61. The Morgan fingerprint density at radius 1 is 1.38 bits per heavy atom. The molecule has 1 N–H and O–H groups in total. The number of carbonyl (C=O) groups is 1. The van der Waals surface area contributed by atoms with Gasteiger partial charge in [-0.15, -0.1) is 0 Å². The fourth-order valence-electron chi connectivity index (χ4n) is 2.54. The summed E-state index contributed by atoms with van der Waals surface area (Å²) in [5.74, 6) is -0.374. The van der Waals surface area contributed by atoms with E-state index in [0.29, 0.717) is 11.4 Å². The highest BCUT2D eigenvalue weighted by atomic mass is 16.5. The van der Waals surface area contributed by atoms with Crippen molar-refractivity contribution in [2.45, 2.75) is 44.8 Å². The monoisotopic (exact) mass is 291 g/mol. The second-order valence-electron chi connectivity index (χ2n) is 5.27. The summed E-state index contributed by atoms with van der Waals surface area (Å²) in [5, 5.41) is 8.75. The van der Waals surface area contributed by atoms with Crippen LogP contribution in [-0.4, -0.2) is 35.4 Å². The topological polar surface area (TPSA) is 68.7 Å². The van der Waals surface area contributed by atoms with Gasteiger partial charge in [-0.1, -0.05) is 0 Å². The fourth-order valence-corrected chi connectivity index (χ4v) is 2.54. The number of nitrogens with zero attached hydrogens (tertiary/aromatic N) is 1. The third-order valence-corrected chi connectivity index (χ3v) is 3.61. The van der Waals surface area contributed by atoms with Crippen molar-refractivity contribution in [1.82, 2.24) is 4.98 Å². The zero-order valence-electron chi connectivity index (χ0n) is 12.4. The summed E-state index contributed by atoms with van der Waals surface area (Å²) in [5.41, 5.74) is 1.38. The van der Waals surface area contributed by atoms with Crippen LogP contribution in [0.3, 0.4) is 0 Å². The Hall–Kier alpha value is -1.88. The average Bonchev–Trinajstić information content (AvgIpc) is 2.47. The van der Waals surface area contributed by atoms with E-state index in [1.54, 1.807) is 7.11 Å². The van der Waals surface area contributed by atoms with E-state index in [1.807, 2.05) is 19.1 Å². The molecule has 1 aromatic rings. The summed E-state index contributed by atoms with van der Waals surface area (Å²) >= 11 is 0. The largest absolute Gasteiger partial charge is 0.488 e. The molecule has 1 saturated carbocycles. The van der Waals surface area contributed by atoms with Gasteiger partial charge in [0.05, 0.1) is 6.10 Å². The van der Waals surface area contributed by atoms with Gasteiger partial charge in [0.2, 0.25) is 0 Å². The van der Waals surface area contributed by atoms with Gasteiger partial charge in [-0.05, 0) is 44.4 Å². The lowest BCUT2D eigenvalue weighted by Crippen LogP contribution is -2.29. The molecule has 2 rings (SSSR count). The number of aromatic nitrogens is 1. The molecular formula is C16H21NO4. The van der Waals surface area contributed by atoms with Crippen LogP contribution >= 0.6 is 0 Å². The Balaban J connectivity index is 2.13. The van der Waals surface area contributed by atoms with E-state index in [2.05, 4.69) is 4.98 Å². The normalized spacial score (nSPS) is 22.4. The number of methoxy groups -OCH3 is 1. The Kier molecular flexibility index (Phi) is 5.33. The number of carboxylic acids is 1. The Labute approximate surface area is 124 Å². The molecule has 1 aromatic heterocycles. The summed E-state index contributed by atoms with van der Waals surface area (Å²) in [6, 6.07) is 3.71. The molecule has 0 amide bonds. The molecule has 5 nitrogen and oxygen atoms in total. The molecule has 21 heavy (non-hydrogen) atoms. The van der Waals surface area contributed by atoms with Crippen molar-refractivity contribution in [1.29, 1.82) is 0 Å². The quantitative estimate of drug-likeness (QED) is 0.845. The number of ether oxygens (including phenoxy) is 2. The van der Waals surface area contributed by atoms with E-state index in [4.69, 9.17) is 14.6 Å². The van der Waals surface area contributed by atoms with Crippen LogP contribution in [-0.2, 0) is 9.53 Å². The van der Waals surface area contributed by atoms with Gasteiger partial charge >= 0.3 is 5.97 Å². The van der Waals surface area contributed by atoms with E-state index < -0.39 is 5.97 Å². The highest BCUT2D eigenvalue weighted by Gasteiger charge is 2.23. The van der Waals surface area contributed by atoms with Gasteiger partial charge in [-0.3, -0.25) is 0 Å². The van der Waals surface area contributed by atoms with E-state index in [0.717, 1.165) is 37.5 Å². The first-order valence-corrected chi connectivity index (χ1v) is 7.16. The Morgan fingerprint density at radius 3 is 2.86 bits per heavy atom. The zero-order valence-corrected chi connectivity index (χ0v) is 12.4. The van der Waals surface area contributed by atoms with E-state index in [1.165, 1.54) is 6.08 Å². The first-order chi connectivity index (χ1) is 10.1. The van der Waals surface area contributed by atoms with E-state index >= 15 is 0 Å². The van der Waals surface area contributed by atoms with Crippen LogP contribution < -0.4 is 4.74 Å². The van der Waals surface area contributed by atoms with Crippen molar-refractivity contribution in [3.8, 4) is 5.75 Å². The van der Waals surface area contributed by atoms with Crippen molar-refractivity contribution >= 4 is 12.0 Å². The predicted octanol–water partition coefficient (Wildman–Crippen LogP) is 2.82. The maximum absolute atomic E-state index is 10.7. The molecule has 0 aliphatic heterocycles. The van der Waals surface area contributed by atoms with E-state index in [9.17, 15) is 4.79 Å². The van der Waals surface area contributed by atoms with Gasteiger partial charge in [0.15, 0.2) is 0 Å². The molecule has 0 bridgehead atoms. The number of carboxylic acid groups (broad SMARTS) is 1. The van der Waals surface area contributed by atoms with Crippen molar-refractivity contribution in [3.05, 3.63) is 29.6 Å². The molecule has 0 aromatic carbocycles. The van der Waals surface area contributed by atoms with Gasteiger partial charge in [0.25, 0.3) is 0 Å². The lowest BCUT2D eigenvalue weighted by molar-refractivity contribution is -0.131. The van der Waals surface area contributed by atoms with Crippen molar-refractivity contribution in [2.24, 2.45) is 0 Å². The lowest BCUT2D eigenvalue weighted by Gasteiger charge is -2.29. The van der Waals surface area contributed by atoms with Crippen LogP contribution in [0.5, 0.6) is 5.75 Å². The Morgan fingerprint density at radius 2 is 2.14 bits per heavy atom. The van der Waals surface area contributed by atoms with Gasteiger partial charge in [-0.25, -0.2) is 9.78 Å². The predicted molar refractivity (Wildman–Crippen MR) is 79.3 cm³/mol. The second-order valence-corrected chi connectivity index (χ2v) is 5.27. The highest BCUT2D eigenvalue weighted by molar-refractivity contribution is 5.85. The molecule has 2 atom stereocenters. The minimum absolute atomic E-state index is 0.0881. The van der Waals surface area contributed by atoms with Crippen LogP contribution in [0.15, 0.2) is 18.2 Å². The summed E-state index contributed by atoms with van der Waals surface area (Å²) in [4.78, 5) is 15.0. The van der Waals surface area contributed by atoms with Gasteiger partial charge in [0.1, 0.15) is 17.5 Å². The summed E-state index contributed by atoms with van der Waals surface area (Å²) in [6.07, 6.45) is 6.85. The van der Waals surface area contributed by atoms with Crippen LogP contribution in [0.4, 0.5) is 0 Å². The second kappa shape index (κ2) is 7.22. The number of pyridine rings is 1. The minimum atomic E-state index is -0.999. The first kappa shape index (κ1) is 15.5. The molecule has 0 saturated heterocycles. The maximum atomic E-state index is 10.7. The molecule has 1 aliphatic carbocycles. The Bertz CT molecular complexity index is 527. The van der Waals surface area contributed by atoms with Gasteiger partial charge in [-0.2, -0.15) is 0 Å². The minimum Gasteiger partial charge on any atom is -0.488 e. The molecule has 5 heteroatoms. The zero-order chi connectivity index (χ0) is 15.2. The van der Waals surface area contributed by atoms with Crippen LogP contribution in [0.1, 0.15) is 37.1 Å². The molecule has 114 valence electrons. The van der Waals surface area contributed by atoms with Gasteiger partial charge in [0, 0.05) is 25.3 Å². The van der Waals surface area contributed by atoms with Crippen LogP contribution in [0.2, 0.25) is 0 Å². The molecule has 2 unspecified atom stereocenters. The molecular weight excluding hydrogens is 270 g/mol. The third kappa shape index (κ3) is 4.56. The molecule has 1 aliphatic rings. The highest BCUT2D eigenvalue weighted by Crippen LogP contribution is 2.27.